The van der Waals surface area contributed by atoms with Gasteiger partial charge >= 0.3 is 0 Å². The van der Waals surface area contributed by atoms with Gasteiger partial charge in [-0.15, -0.1) is 23.1 Å². The Kier molecular flexibility index (Phi) is 5.40. The molecule has 6 heteroatoms. The maximum absolute atomic E-state index is 12.4. The molecule has 0 saturated heterocycles. The number of nitrogens with one attached hydrogen (secondary N) is 2. The van der Waals surface area contributed by atoms with Crippen LogP contribution in [0.25, 0.3) is 0 Å². The van der Waals surface area contributed by atoms with Gasteiger partial charge < -0.3 is 10.6 Å². The van der Waals surface area contributed by atoms with Gasteiger partial charge in [0.15, 0.2) is 5.13 Å². The Morgan fingerprint density at radius 1 is 1.16 bits per heavy atom. The van der Waals surface area contributed by atoms with E-state index in [1.54, 1.807) is 17.1 Å². The third-order valence-corrected chi connectivity index (χ3v) is 5.17. The molecular formula is C19H19N3OS2. The molecule has 3 rings (SSSR count). The molecule has 0 aliphatic carbocycles. The second-order valence-electron chi connectivity index (χ2n) is 5.67. The molecule has 0 saturated carbocycles. The predicted molar refractivity (Wildman–Crippen MR) is 107 cm³/mol. The summed E-state index contributed by atoms with van der Waals surface area (Å²) in [5.74, 6) is -0.205. The van der Waals surface area contributed by atoms with Crippen LogP contribution in [-0.2, 0) is 0 Å². The van der Waals surface area contributed by atoms with Crippen molar-refractivity contribution in [3.8, 4) is 0 Å². The maximum Gasteiger partial charge on any atom is 0.275 e. The number of rotatable bonds is 5. The van der Waals surface area contributed by atoms with Gasteiger partial charge in [-0.05, 0) is 49.9 Å². The van der Waals surface area contributed by atoms with Gasteiger partial charge in [-0.1, -0.05) is 23.8 Å². The summed E-state index contributed by atoms with van der Waals surface area (Å²) >= 11 is 3.06. The highest BCUT2D eigenvalue weighted by Crippen LogP contribution is 2.25. The van der Waals surface area contributed by atoms with Gasteiger partial charge in [0.05, 0.1) is 0 Å². The van der Waals surface area contributed by atoms with Crippen molar-refractivity contribution in [1.82, 2.24) is 4.98 Å². The van der Waals surface area contributed by atoms with Gasteiger partial charge in [0.25, 0.3) is 5.91 Å². The van der Waals surface area contributed by atoms with Crippen LogP contribution in [-0.4, -0.2) is 17.1 Å². The fourth-order valence-corrected chi connectivity index (χ4v) is 3.56. The minimum absolute atomic E-state index is 0.205. The van der Waals surface area contributed by atoms with Crippen LogP contribution in [0.15, 0.2) is 52.7 Å². The molecule has 4 nitrogen and oxygen atoms in total. The lowest BCUT2D eigenvalue weighted by atomic mass is 10.1. The molecule has 3 aromatic rings. The molecule has 1 aromatic heterocycles. The Hall–Kier alpha value is -2.31. The molecule has 0 radical (unpaired) electrons. The molecule has 0 bridgehead atoms. The number of aromatic nitrogens is 1. The van der Waals surface area contributed by atoms with Crippen LogP contribution >= 0.6 is 23.1 Å². The first-order valence-corrected chi connectivity index (χ1v) is 9.91. The number of nitrogens with zero attached hydrogens (tertiary/aromatic N) is 1. The van der Waals surface area contributed by atoms with Crippen molar-refractivity contribution in [3.63, 3.8) is 0 Å². The zero-order chi connectivity index (χ0) is 17.8. The standard InChI is InChI=1S/C19H19N3OS2/c1-12-7-8-16(13(2)9-12)21-19-22-17(11-25-19)18(23)20-14-5-4-6-15(10-14)24-3/h4-11H,1-3H3,(H,20,23)(H,21,22). The first-order valence-electron chi connectivity index (χ1n) is 7.80. The van der Waals surface area contributed by atoms with E-state index in [1.165, 1.54) is 16.9 Å². The van der Waals surface area contributed by atoms with Gasteiger partial charge in [0.1, 0.15) is 5.69 Å². The topological polar surface area (TPSA) is 54.0 Å². The zero-order valence-electron chi connectivity index (χ0n) is 14.3. The average molecular weight is 370 g/mol. The highest BCUT2D eigenvalue weighted by Gasteiger charge is 2.12. The molecular weight excluding hydrogens is 350 g/mol. The van der Waals surface area contributed by atoms with Crippen LogP contribution in [0.3, 0.4) is 0 Å². The second-order valence-corrected chi connectivity index (χ2v) is 7.41. The lowest BCUT2D eigenvalue weighted by Crippen LogP contribution is -2.12. The monoisotopic (exact) mass is 369 g/mol. The smallest absolute Gasteiger partial charge is 0.275 e. The number of thioether (sulfide) groups is 1. The number of anilines is 3. The largest absolute Gasteiger partial charge is 0.331 e. The van der Waals surface area contributed by atoms with Crippen LogP contribution in [0, 0.1) is 13.8 Å². The van der Waals surface area contributed by atoms with E-state index in [0.29, 0.717) is 10.8 Å². The van der Waals surface area contributed by atoms with Gasteiger partial charge in [0, 0.05) is 21.7 Å². The van der Waals surface area contributed by atoms with E-state index in [1.807, 2.05) is 36.6 Å². The Morgan fingerprint density at radius 2 is 2.00 bits per heavy atom. The molecule has 128 valence electrons. The van der Waals surface area contributed by atoms with Crippen molar-refractivity contribution in [1.29, 1.82) is 0 Å². The van der Waals surface area contributed by atoms with E-state index in [0.717, 1.165) is 21.8 Å². The number of carbonyl (C=O) groups is 1. The summed E-state index contributed by atoms with van der Waals surface area (Å²) in [7, 11) is 0. The quantitative estimate of drug-likeness (QED) is 0.585. The molecule has 2 aromatic carbocycles. The lowest BCUT2D eigenvalue weighted by molar-refractivity contribution is 0.102. The Bertz CT molecular complexity index is 905. The zero-order valence-corrected chi connectivity index (χ0v) is 15.9. The average Bonchev–Trinajstić information content (AvgIpc) is 3.06. The first-order chi connectivity index (χ1) is 12.0. The Balaban J connectivity index is 1.70. The van der Waals surface area contributed by atoms with Crippen molar-refractivity contribution in [2.24, 2.45) is 0 Å². The second kappa shape index (κ2) is 7.72. The number of hydrogen-bond donors (Lipinski definition) is 2. The van der Waals surface area contributed by atoms with E-state index in [4.69, 9.17) is 0 Å². The fourth-order valence-electron chi connectivity index (χ4n) is 2.40. The van der Waals surface area contributed by atoms with E-state index in [-0.39, 0.29) is 5.91 Å². The maximum atomic E-state index is 12.4. The van der Waals surface area contributed by atoms with Crippen molar-refractivity contribution in [2.75, 3.05) is 16.9 Å². The number of thiazole rings is 1. The Morgan fingerprint density at radius 3 is 2.76 bits per heavy atom. The van der Waals surface area contributed by atoms with Crippen LogP contribution < -0.4 is 10.6 Å². The molecule has 0 spiro atoms. The molecule has 25 heavy (non-hydrogen) atoms. The minimum atomic E-state index is -0.205. The van der Waals surface area contributed by atoms with E-state index >= 15 is 0 Å². The van der Waals surface area contributed by atoms with E-state index in [2.05, 4.69) is 41.6 Å². The van der Waals surface area contributed by atoms with Gasteiger partial charge in [-0.3, -0.25) is 4.79 Å². The van der Waals surface area contributed by atoms with Gasteiger partial charge in [0.2, 0.25) is 0 Å². The summed E-state index contributed by atoms with van der Waals surface area (Å²) in [6, 6.07) is 13.9. The number of amides is 1. The van der Waals surface area contributed by atoms with Crippen molar-refractivity contribution in [3.05, 3.63) is 64.7 Å². The number of aryl methyl sites for hydroxylation is 2. The summed E-state index contributed by atoms with van der Waals surface area (Å²) in [6.07, 6.45) is 2.01. The first kappa shape index (κ1) is 17.5. The lowest BCUT2D eigenvalue weighted by Gasteiger charge is -2.07. The molecule has 2 N–H and O–H groups in total. The summed E-state index contributed by atoms with van der Waals surface area (Å²) in [5, 5.41) is 8.64. The molecule has 0 aliphatic heterocycles. The molecule has 1 heterocycles. The molecule has 0 atom stereocenters. The molecule has 1 amide bonds. The molecule has 0 unspecified atom stereocenters. The Labute approximate surface area is 155 Å². The predicted octanol–water partition coefficient (Wildman–Crippen LogP) is 5.48. The highest BCUT2D eigenvalue weighted by atomic mass is 32.2. The van der Waals surface area contributed by atoms with Crippen molar-refractivity contribution < 1.29 is 4.79 Å². The summed E-state index contributed by atoms with van der Waals surface area (Å²) in [4.78, 5) is 17.9. The van der Waals surface area contributed by atoms with Crippen molar-refractivity contribution in [2.45, 2.75) is 18.7 Å². The van der Waals surface area contributed by atoms with Gasteiger partial charge in [-0.25, -0.2) is 4.98 Å². The van der Waals surface area contributed by atoms with E-state index < -0.39 is 0 Å². The van der Waals surface area contributed by atoms with Crippen LogP contribution in [0.1, 0.15) is 21.6 Å². The number of hydrogen-bond acceptors (Lipinski definition) is 5. The van der Waals surface area contributed by atoms with Crippen molar-refractivity contribution >= 4 is 45.5 Å². The highest BCUT2D eigenvalue weighted by molar-refractivity contribution is 7.98. The summed E-state index contributed by atoms with van der Waals surface area (Å²) in [5.41, 5.74) is 4.55. The third kappa shape index (κ3) is 4.41. The summed E-state index contributed by atoms with van der Waals surface area (Å²) < 4.78 is 0. The minimum Gasteiger partial charge on any atom is -0.331 e. The molecule has 0 fully saturated rings. The fraction of sp³-hybridized carbons (Fsp3) is 0.158. The SMILES string of the molecule is CSc1cccc(NC(=O)c2csc(Nc3ccc(C)cc3C)n2)c1. The number of benzene rings is 2. The third-order valence-electron chi connectivity index (χ3n) is 3.69. The van der Waals surface area contributed by atoms with Crippen LogP contribution in [0.4, 0.5) is 16.5 Å². The molecule has 0 aliphatic rings. The van der Waals surface area contributed by atoms with Crippen LogP contribution in [0.2, 0.25) is 0 Å². The van der Waals surface area contributed by atoms with E-state index in [9.17, 15) is 4.79 Å². The van der Waals surface area contributed by atoms with Crippen LogP contribution in [0.5, 0.6) is 0 Å². The van der Waals surface area contributed by atoms with Gasteiger partial charge in [-0.2, -0.15) is 0 Å². The number of carbonyl (C=O) groups excluding carboxylic acids is 1. The summed E-state index contributed by atoms with van der Waals surface area (Å²) in [6.45, 7) is 4.12. The normalized spacial score (nSPS) is 10.5.